The molecular weight excluding hydrogens is 610 g/mol. The van der Waals surface area contributed by atoms with Crippen LogP contribution < -0.4 is 36.9 Å². The summed E-state index contributed by atoms with van der Waals surface area (Å²) in [6, 6.07) is 12.7. The topological polar surface area (TPSA) is 71.3 Å². The minimum Gasteiger partial charge on any atom is -1.00 e. The Morgan fingerprint density at radius 1 is 0.833 bits per heavy atom. The molecule has 0 unspecified atom stereocenters. The van der Waals surface area contributed by atoms with E-state index in [1.807, 2.05) is 24.3 Å². The number of rotatable bonds is 19. The predicted molar refractivity (Wildman–Crippen MR) is 170 cm³/mol. The Bertz CT molecular complexity index is 1210. The molecule has 6 nitrogen and oxygen atoms in total. The predicted octanol–water partition coefficient (Wildman–Crippen LogP) is 6.32. The van der Waals surface area contributed by atoms with Crippen molar-refractivity contribution >= 4 is 34.5 Å². The van der Waals surface area contributed by atoms with Gasteiger partial charge in [-0.05, 0) is 37.6 Å². The van der Waals surface area contributed by atoms with Gasteiger partial charge in [0, 0.05) is 18.2 Å². The number of Topliss-reactive ketones (excluding diaryl/α,β-unsaturated/α-hetero) is 1. The lowest BCUT2D eigenvalue weighted by molar-refractivity contribution is -0.689. The average molecular weight is 659 g/mol. The number of hydrogen-bond donors (Lipinski definition) is 2. The van der Waals surface area contributed by atoms with Gasteiger partial charge in [0.15, 0.2) is 24.3 Å². The number of thiazole rings is 1. The second-order valence-electron chi connectivity index (χ2n) is 10.8. The van der Waals surface area contributed by atoms with Crippen LogP contribution in [0.3, 0.4) is 0 Å². The number of halogens is 1. The van der Waals surface area contributed by atoms with Crippen LogP contribution in [0.25, 0.3) is 0 Å². The van der Waals surface area contributed by atoms with E-state index in [1.165, 1.54) is 76.1 Å². The minimum atomic E-state index is -0.378. The summed E-state index contributed by atoms with van der Waals surface area (Å²) in [4.78, 5) is 25.1. The fourth-order valence-corrected chi connectivity index (χ4v) is 5.56. The van der Waals surface area contributed by atoms with E-state index in [4.69, 9.17) is 4.74 Å². The standard InChI is InChI=1S/C34H47N3O3S.BrH/c1-4-5-6-7-8-9-10-11-12-13-14-15-24-40-33-31(27(2)38)17-16-18-32(33)36-34(39)35-30-21-19-29(20-22-30)26-37-23-25-41-28(37)3;/h16-23,25H,4-15,24,26H2,1-3H3,(H-,35,36,39);1H. The highest BCUT2D eigenvalue weighted by molar-refractivity contribution is 7.09. The molecule has 0 atom stereocenters. The number of nitrogens with zero attached hydrogens (tertiary/aromatic N) is 1. The van der Waals surface area contributed by atoms with Gasteiger partial charge in [0.1, 0.15) is 0 Å². The van der Waals surface area contributed by atoms with Crippen molar-refractivity contribution < 1.29 is 35.9 Å². The zero-order chi connectivity index (χ0) is 29.3. The van der Waals surface area contributed by atoms with Gasteiger partial charge in [-0.1, -0.05) is 107 Å². The lowest BCUT2D eigenvalue weighted by atomic mass is 10.1. The Labute approximate surface area is 267 Å². The third-order valence-electron chi connectivity index (χ3n) is 7.34. The number of urea groups is 1. The summed E-state index contributed by atoms with van der Waals surface area (Å²) >= 11 is 1.72. The second-order valence-corrected chi connectivity index (χ2v) is 11.9. The lowest BCUT2D eigenvalue weighted by Crippen LogP contribution is -3.00. The van der Waals surface area contributed by atoms with Crippen molar-refractivity contribution in [3.05, 3.63) is 70.2 Å². The van der Waals surface area contributed by atoms with Crippen molar-refractivity contribution in [2.24, 2.45) is 0 Å². The van der Waals surface area contributed by atoms with Crippen molar-refractivity contribution in [3.63, 3.8) is 0 Å². The number of benzene rings is 2. The Balaban J connectivity index is 0.00000616. The van der Waals surface area contributed by atoms with Crippen LogP contribution in [0.15, 0.2) is 54.0 Å². The maximum absolute atomic E-state index is 12.8. The largest absolute Gasteiger partial charge is 1.00 e. The van der Waals surface area contributed by atoms with Crippen LogP contribution in [-0.2, 0) is 6.54 Å². The van der Waals surface area contributed by atoms with Crippen LogP contribution in [0.2, 0.25) is 0 Å². The molecule has 0 saturated carbocycles. The van der Waals surface area contributed by atoms with E-state index < -0.39 is 0 Å². The van der Waals surface area contributed by atoms with Gasteiger partial charge in [0.25, 0.3) is 0 Å². The number of aromatic nitrogens is 1. The first kappa shape index (κ1) is 35.5. The number of carbonyl (C=O) groups excluding carboxylic acids is 2. The summed E-state index contributed by atoms with van der Waals surface area (Å²) in [5.74, 6) is 0.352. The maximum atomic E-state index is 12.8. The molecular formula is C34H48BrN3O3S. The summed E-state index contributed by atoms with van der Waals surface area (Å²) in [6.07, 6.45) is 17.4. The second kappa shape index (κ2) is 20.2. The van der Waals surface area contributed by atoms with Crippen LogP contribution in [0.4, 0.5) is 16.2 Å². The number of aryl methyl sites for hydroxylation is 1. The van der Waals surface area contributed by atoms with Crippen LogP contribution in [0.1, 0.15) is 112 Å². The summed E-state index contributed by atoms with van der Waals surface area (Å²) in [5, 5.41) is 9.09. The number of ether oxygens (including phenoxy) is 1. The van der Waals surface area contributed by atoms with Crippen LogP contribution in [0.5, 0.6) is 5.75 Å². The van der Waals surface area contributed by atoms with Gasteiger partial charge in [-0.15, -0.1) is 0 Å². The number of nitrogens with one attached hydrogen (secondary N) is 2. The van der Waals surface area contributed by atoms with Gasteiger partial charge in [-0.3, -0.25) is 4.79 Å². The zero-order valence-corrected chi connectivity index (χ0v) is 28.0. The quantitative estimate of drug-likeness (QED) is 0.0900. The van der Waals surface area contributed by atoms with Gasteiger partial charge in [0.2, 0.25) is 5.01 Å². The van der Waals surface area contributed by atoms with Crippen molar-refractivity contribution in [3.8, 4) is 5.75 Å². The molecule has 0 bridgehead atoms. The molecule has 2 amide bonds. The van der Waals surface area contributed by atoms with Crippen molar-refractivity contribution in [2.75, 3.05) is 17.2 Å². The van der Waals surface area contributed by atoms with E-state index in [9.17, 15) is 9.59 Å². The van der Waals surface area contributed by atoms with E-state index in [2.05, 4.69) is 40.6 Å². The molecule has 0 aliphatic heterocycles. The summed E-state index contributed by atoms with van der Waals surface area (Å²) in [5.41, 5.74) is 2.83. The number of para-hydroxylation sites is 1. The Hall–Kier alpha value is -2.71. The lowest BCUT2D eigenvalue weighted by Gasteiger charge is -2.16. The van der Waals surface area contributed by atoms with Gasteiger partial charge in [0.05, 0.1) is 23.2 Å². The molecule has 0 radical (unpaired) electrons. The zero-order valence-electron chi connectivity index (χ0n) is 25.6. The molecule has 0 aliphatic carbocycles. The summed E-state index contributed by atoms with van der Waals surface area (Å²) in [6.45, 7) is 7.19. The first-order chi connectivity index (χ1) is 20.0. The monoisotopic (exact) mass is 657 g/mol. The SMILES string of the molecule is CCCCCCCCCCCCCCOc1c(NC(=O)Nc2ccc(C[n+]3ccsc3C)cc2)cccc1C(C)=O.[Br-]. The van der Waals surface area contributed by atoms with Crippen molar-refractivity contribution in [1.82, 2.24) is 0 Å². The highest BCUT2D eigenvalue weighted by Gasteiger charge is 2.16. The normalized spacial score (nSPS) is 10.6. The molecule has 2 N–H and O–H groups in total. The van der Waals surface area contributed by atoms with Gasteiger partial charge in [-0.2, -0.15) is 4.57 Å². The van der Waals surface area contributed by atoms with Gasteiger partial charge in [-0.25, -0.2) is 4.79 Å². The molecule has 0 spiro atoms. The smallest absolute Gasteiger partial charge is 0.323 e. The molecule has 3 rings (SSSR count). The Kier molecular flexibility index (Phi) is 17.1. The van der Waals surface area contributed by atoms with Crippen LogP contribution >= 0.6 is 11.3 Å². The number of hydrogen-bond acceptors (Lipinski definition) is 4. The Morgan fingerprint density at radius 2 is 1.45 bits per heavy atom. The van der Waals surface area contributed by atoms with Gasteiger partial charge >= 0.3 is 6.03 Å². The van der Waals surface area contributed by atoms with E-state index in [-0.39, 0.29) is 28.8 Å². The molecule has 42 heavy (non-hydrogen) atoms. The molecule has 0 aliphatic rings. The number of carbonyl (C=O) groups is 2. The summed E-state index contributed by atoms with van der Waals surface area (Å²) < 4.78 is 8.28. The molecule has 3 aromatic rings. The number of amides is 2. The molecule has 0 fully saturated rings. The molecule has 8 heteroatoms. The molecule has 1 aromatic heterocycles. The van der Waals surface area contributed by atoms with E-state index in [0.717, 1.165) is 24.9 Å². The Morgan fingerprint density at radius 3 is 2.02 bits per heavy atom. The highest BCUT2D eigenvalue weighted by atomic mass is 79.9. The van der Waals surface area contributed by atoms with E-state index >= 15 is 0 Å². The van der Waals surface area contributed by atoms with E-state index in [1.54, 1.807) is 29.5 Å². The molecule has 0 saturated heterocycles. The number of ketones is 1. The first-order valence-electron chi connectivity index (χ1n) is 15.3. The number of unbranched alkanes of at least 4 members (excludes halogenated alkanes) is 11. The molecule has 230 valence electrons. The van der Waals surface area contributed by atoms with Gasteiger partial charge < -0.3 is 32.4 Å². The molecule has 2 aromatic carbocycles. The first-order valence-corrected chi connectivity index (χ1v) is 16.2. The molecule has 1 heterocycles. The van der Waals surface area contributed by atoms with E-state index in [0.29, 0.717) is 29.3 Å². The fraction of sp³-hybridized carbons (Fsp3) is 0.500. The average Bonchev–Trinajstić information content (AvgIpc) is 3.36. The fourth-order valence-electron chi connectivity index (χ4n) is 4.90. The summed E-state index contributed by atoms with van der Waals surface area (Å²) in [7, 11) is 0. The van der Waals surface area contributed by atoms with Crippen molar-refractivity contribution in [2.45, 2.75) is 104 Å². The maximum Gasteiger partial charge on any atom is 0.323 e. The number of anilines is 2. The van der Waals surface area contributed by atoms with Crippen LogP contribution in [0, 0.1) is 6.92 Å². The van der Waals surface area contributed by atoms with Crippen LogP contribution in [-0.4, -0.2) is 18.4 Å². The minimum absolute atomic E-state index is 0. The third kappa shape index (κ3) is 12.7. The highest BCUT2D eigenvalue weighted by Crippen LogP contribution is 2.30. The third-order valence-corrected chi connectivity index (χ3v) is 8.17. The van der Waals surface area contributed by atoms with Crippen molar-refractivity contribution in [1.29, 1.82) is 0 Å².